The number of anilines is 1. The molecule has 0 aliphatic heterocycles. The maximum Gasteiger partial charge on any atom is 0.349 e. The first-order valence-corrected chi connectivity index (χ1v) is 3.78. The van der Waals surface area contributed by atoms with Gasteiger partial charge in [0.1, 0.15) is 4.88 Å². The molecule has 2 N–H and O–H groups in total. The maximum absolute atomic E-state index is 10.9. The van der Waals surface area contributed by atoms with Crippen LogP contribution in [-0.4, -0.2) is 25.9 Å². The molecule has 1 aromatic rings. The quantitative estimate of drug-likeness (QED) is 0.423. The zero-order valence-corrected chi connectivity index (χ0v) is 7.07. The predicted molar refractivity (Wildman–Crippen MR) is 46.0 cm³/mol. The predicted octanol–water partition coefficient (Wildman–Crippen LogP) is -1.23. The van der Waals surface area contributed by atoms with Gasteiger partial charge < -0.3 is 10.5 Å². The summed E-state index contributed by atoms with van der Waals surface area (Å²) >= 11 is 1.14. The minimum absolute atomic E-state index is 0.378. The largest absolute Gasteiger partial charge is 0.465 e. The van der Waals surface area contributed by atoms with E-state index in [0.717, 1.165) is 11.3 Å². The molecule has 0 radical (unpaired) electrons. The lowest BCUT2D eigenvalue weighted by molar-refractivity contribution is 0.0607. The average Bonchev–Trinajstić information content (AvgIpc) is 2.28. The highest BCUT2D eigenvalue weighted by molar-refractivity contribution is 7.18. The molecule has 0 aliphatic rings. The highest BCUT2D eigenvalue weighted by atomic mass is 32.1. The van der Waals surface area contributed by atoms with Crippen LogP contribution in [0.25, 0.3) is 0 Å². The van der Waals surface area contributed by atoms with E-state index in [1.54, 1.807) is 7.85 Å². The average molecular weight is 170 g/mol. The zero-order chi connectivity index (χ0) is 8.43. The summed E-state index contributed by atoms with van der Waals surface area (Å²) in [6.07, 6.45) is 0. The first-order valence-electron chi connectivity index (χ1n) is 2.96. The molecule has 1 heterocycles. The Labute approximate surface area is 68.8 Å². The molecular formula is C5H7BN2O2S. The van der Waals surface area contributed by atoms with Crippen molar-refractivity contribution in [3.8, 4) is 0 Å². The summed E-state index contributed by atoms with van der Waals surface area (Å²) in [5, 5.41) is 0.392. The molecule has 4 nitrogen and oxygen atoms in total. The van der Waals surface area contributed by atoms with Gasteiger partial charge in [-0.3, -0.25) is 0 Å². The number of hydrogen-bond donors (Lipinski definition) is 1. The summed E-state index contributed by atoms with van der Waals surface area (Å²) in [4.78, 5) is 15.3. The fourth-order valence-corrected chi connectivity index (χ4v) is 1.45. The number of hydrogen-bond acceptors (Lipinski definition) is 5. The molecule has 0 aliphatic carbocycles. The molecule has 1 rings (SSSR count). The van der Waals surface area contributed by atoms with Gasteiger partial charge in [0.15, 0.2) is 13.0 Å². The summed E-state index contributed by atoms with van der Waals surface area (Å²) < 4.78 is 4.51. The third-order valence-corrected chi connectivity index (χ3v) is 2.15. The van der Waals surface area contributed by atoms with Crippen molar-refractivity contribution in [2.75, 3.05) is 12.8 Å². The molecule has 0 amide bonds. The van der Waals surface area contributed by atoms with Crippen LogP contribution in [0.4, 0.5) is 5.13 Å². The Morgan fingerprint density at radius 1 is 1.82 bits per heavy atom. The summed E-state index contributed by atoms with van der Waals surface area (Å²) in [6, 6.07) is 0. The second kappa shape index (κ2) is 2.92. The van der Waals surface area contributed by atoms with Gasteiger partial charge in [0.25, 0.3) is 0 Å². The molecular weight excluding hydrogens is 163 g/mol. The van der Waals surface area contributed by atoms with E-state index in [-0.39, 0.29) is 5.97 Å². The fraction of sp³-hybridized carbons (Fsp3) is 0.200. The standard InChI is InChI=1S/C5H7BN2O2S/c1-10-4(9)2-3(6)8-5(7)11-2/h6H2,1H3,(H2,7,8). The minimum atomic E-state index is -0.378. The molecule has 0 unspecified atom stereocenters. The molecule has 1 aromatic heterocycles. The molecule has 0 spiro atoms. The lowest BCUT2D eigenvalue weighted by Crippen LogP contribution is -2.14. The van der Waals surface area contributed by atoms with Gasteiger partial charge in [-0.15, -0.1) is 0 Å². The highest BCUT2D eigenvalue weighted by Crippen LogP contribution is 2.12. The van der Waals surface area contributed by atoms with Crippen molar-refractivity contribution in [1.82, 2.24) is 4.98 Å². The van der Waals surface area contributed by atoms with Crippen LogP contribution in [0, 0.1) is 0 Å². The van der Waals surface area contributed by atoms with Crippen molar-refractivity contribution in [2.24, 2.45) is 0 Å². The van der Waals surface area contributed by atoms with E-state index in [1.165, 1.54) is 7.11 Å². The van der Waals surface area contributed by atoms with Gasteiger partial charge in [0.05, 0.1) is 7.11 Å². The Morgan fingerprint density at radius 2 is 2.45 bits per heavy atom. The minimum Gasteiger partial charge on any atom is -0.465 e. The van der Waals surface area contributed by atoms with Crippen molar-refractivity contribution in [3.63, 3.8) is 0 Å². The van der Waals surface area contributed by atoms with Crippen LogP contribution in [0.2, 0.25) is 0 Å². The van der Waals surface area contributed by atoms with Crippen LogP contribution in [0.3, 0.4) is 0 Å². The number of thiazole rings is 1. The second-order valence-corrected chi connectivity index (χ2v) is 2.99. The van der Waals surface area contributed by atoms with Crippen molar-refractivity contribution >= 4 is 35.9 Å². The number of nitrogen functional groups attached to an aromatic ring is 1. The number of methoxy groups -OCH3 is 1. The molecule has 0 saturated heterocycles. The molecule has 11 heavy (non-hydrogen) atoms. The topological polar surface area (TPSA) is 65.2 Å². The van der Waals surface area contributed by atoms with E-state index >= 15 is 0 Å². The Kier molecular flexibility index (Phi) is 2.14. The number of nitrogens with zero attached hydrogens (tertiary/aromatic N) is 1. The summed E-state index contributed by atoms with van der Waals surface area (Å²) in [7, 11) is 3.05. The van der Waals surface area contributed by atoms with E-state index in [2.05, 4.69) is 9.72 Å². The van der Waals surface area contributed by atoms with Crippen molar-refractivity contribution in [1.29, 1.82) is 0 Å². The maximum atomic E-state index is 10.9. The zero-order valence-electron chi connectivity index (χ0n) is 6.25. The van der Waals surface area contributed by atoms with Gasteiger partial charge in [-0.2, -0.15) is 0 Å². The van der Waals surface area contributed by atoms with Gasteiger partial charge in [-0.25, -0.2) is 9.78 Å². The normalized spacial score (nSPS) is 9.55. The smallest absolute Gasteiger partial charge is 0.349 e. The van der Waals surface area contributed by atoms with Crippen LogP contribution in [-0.2, 0) is 4.74 Å². The second-order valence-electron chi connectivity index (χ2n) is 1.96. The number of aromatic nitrogens is 1. The lowest BCUT2D eigenvalue weighted by Gasteiger charge is -1.93. The summed E-state index contributed by atoms with van der Waals surface area (Å²) in [5.74, 6) is -0.378. The molecule has 0 bridgehead atoms. The van der Waals surface area contributed by atoms with Gasteiger partial charge in [-0.1, -0.05) is 11.3 Å². The van der Waals surface area contributed by atoms with Crippen LogP contribution >= 0.6 is 11.3 Å². The highest BCUT2D eigenvalue weighted by Gasteiger charge is 2.13. The van der Waals surface area contributed by atoms with Crippen LogP contribution in [0.5, 0.6) is 0 Å². The van der Waals surface area contributed by atoms with E-state index in [9.17, 15) is 4.79 Å². The first-order chi connectivity index (χ1) is 5.15. The first kappa shape index (κ1) is 8.07. The summed E-state index contributed by atoms with van der Waals surface area (Å²) in [6.45, 7) is 0. The van der Waals surface area contributed by atoms with Gasteiger partial charge in [-0.05, 0) is 0 Å². The molecule has 58 valence electrons. The molecule has 0 atom stereocenters. The van der Waals surface area contributed by atoms with E-state index in [4.69, 9.17) is 5.73 Å². The van der Waals surface area contributed by atoms with Crippen molar-refractivity contribution < 1.29 is 9.53 Å². The van der Waals surface area contributed by atoms with Gasteiger partial charge in [0, 0.05) is 5.59 Å². The third kappa shape index (κ3) is 1.51. The van der Waals surface area contributed by atoms with Crippen LogP contribution in [0.15, 0.2) is 0 Å². The van der Waals surface area contributed by atoms with Crippen LogP contribution in [0.1, 0.15) is 9.67 Å². The monoisotopic (exact) mass is 170 g/mol. The van der Waals surface area contributed by atoms with E-state index < -0.39 is 0 Å². The van der Waals surface area contributed by atoms with Crippen LogP contribution < -0.4 is 11.3 Å². The molecule has 0 saturated carbocycles. The summed E-state index contributed by atoms with van der Waals surface area (Å²) in [5.41, 5.74) is 6.00. The molecule has 0 fully saturated rings. The SMILES string of the molecule is Bc1nc(N)sc1C(=O)OC. The van der Waals surface area contributed by atoms with E-state index in [0.29, 0.717) is 15.6 Å². The Bertz CT molecular complexity index is 286. The Balaban J connectivity index is 3.03. The van der Waals surface area contributed by atoms with Crippen molar-refractivity contribution in [3.05, 3.63) is 4.88 Å². The van der Waals surface area contributed by atoms with Crippen molar-refractivity contribution in [2.45, 2.75) is 0 Å². The Morgan fingerprint density at radius 3 is 2.82 bits per heavy atom. The number of ether oxygens (including phenoxy) is 1. The van der Waals surface area contributed by atoms with Gasteiger partial charge in [0.2, 0.25) is 0 Å². The third-order valence-electron chi connectivity index (χ3n) is 1.18. The number of carbonyl (C=O) groups is 1. The molecule has 6 heteroatoms. The number of carbonyl (C=O) groups excluding carboxylic acids is 1. The molecule has 0 aromatic carbocycles. The fourth-order valence-electron chi connectivity index (χ4n) is 0.699. The number of rotatable bonds is 1. The van der Waals surface area contributed by atoms with E-state index in [1.807, 2.05) is 0 Å². The van der Waals surface area contributed by atoms with Gasteiger partial charge >= 0.3 is 5.97 Å². The Hall–Kier alpha value is -1.04. The number of nitrogens with two attached hydrogens (primary N) is 1. The number of esters is 1. The lowest BCUT2D eigenvalue weighted by atomic mass is 10.0.